The molecule has 5 heteroatoms. The van der Waals surface area contributed by atoms with E-state index < -0.39 is 0 Å². The van der Waals surface area contributed by atoms with E-state index in [0.717, 1.165) is 16.7 Å². The van der Waals surface area contributed by atoms with Crippen molar-refractivity contribution in [3.63, 3.8) is 0 Å². The number of nitrogens with zero attached hydrogens (tertiary/aromatic N) is 5. The van der Waals surface area contributed by atoms with Crippen LogP contribution in [0, 0.1) is 6.92 Å². The quantitative estimate of drug-likeness (QED) is 0.612. The van der Waals surface area contributed by atoms with Gasteiger partial charge in [0.15, 0.2) is 5.82 Å². The van der Waals surface area contributed by atoms with Crippen molar-refractivity contribution < 1.29 is 0 Å². The lowest BCUT2D eigenvalue weighted by atomic mass is 10.3. The Hall–Kier alpha value is -2.30. The van der Waals surface area contributed by atoms with Crippen LogP contribution in [0.15, 0.2) is 36.7 Å². The predicted octanol–water partition coefficient (Wildman–Crippen LogP) is 1.52. The third-order valence-corrected chi connectivity index (χ3v) is 2.34. The van der Waals surface area contributed by atoms with Crippen LogP contribution in [-0.2, 0) is 0 Å². The van der Waals surface area contributed by atoms with E-state index in [4.69, 9.17) is 0 Å². The maximum absolute atomic E-state index is 4.27. The van der Waals surface area contributed by atoms with E-state index in [0.29, 0.717) is 5.82 Å². The summed E-state index contributed by atoms with van der Waals surface area (Å²) in [6.07, 6.45) is 3.40. The predicted molar refractivity (Wildman–Crippen MR) is 59.2 cm³/mol. The maximum Gasteiger partial charge on any atom is 0.174 e. The summed E-state index contributed by atoms with van der Waals surface area (Å²) >= 11 is 0. The third kappa shape index (κ3) is 1.33. The minimum atomic E-state index is 0.680. The molecule has 2 aromatic heterocycles. The van der Waals surface area contributed by atoms with E-state index in [-0.39, 0.29) is 0 Å². The smallest absolute Gasteiger partial charge is 0.174 e. The summed E-state index contributed by atoms with van der Waals surface area (Å²) < 4.78 is 1.68. The number of para-hydroxylation sites is 1. The molecule has 2 heterocycles. The zero-order valence-electron chi connectivity index (χ0n) is 8.70. The first kappa shape index (κ1) is 8.96. The number of aromatic nitrogens is 5. The molecule has 3 rings (SSSR count). The fourth-order valence-electron chi connectivity index (χ4n) is 1.53. The fourth-order valence-corrected chi connectivity index (χ4v) is 1.53. The summed E-state index contributed by atoms with van der Waals surface area (Å²) in [7, 11) is 0. The van der Waals surface area contributed by atoms with E-state index in [1.165, 1.54) is 0 Å². The molecule has 0 spiro atoms. The Morgan fingerprint density at radius 3 is 2.75 bits per heavy atom. The lowest BCUT2D eigenvalue weighted by Crippen LogP contribution is -2.00. The summed E-state index contributed by atoms with van der Waals surface area (Å²) in [5.41, 5.74) is 2.67. The Kier molecular flexibility index (Phi) is 1.89. The Morgan fingerprint density at radius 1 is 1.06 bits per heavy atom. The largest absolute Gasteiger partial charge is 0.256 e. The van der Waals surface area contributed by atoms with Gasteiger partial charge >= 0.3 is 0 Å². The van der Waals surface area contributed by atoms with Gasteiger partial charge in [0, 0.05) is 0 Å². The van der Waals surface area contributed by atoms with Crippen molar-refractivity contribution in [3.05, 3.63) is 42.4 Å². The van der Waals surface area contributed by atoms with E-state index in [1.54, 1.807) is 17.1 Å². The second-order valence-corrected chi connectivity index (χ2v) is 3.51. The molecule has 0 aliphatic rings. The molecule has 0 saturated heterocycles. The monoisotopic (exact) mass is 211 g/mol. The SMILES string of the molecule is Cc1cnc(-n2nnc3ccccc32)cn1. The van der Waals surface area contributed by atoms with E-state index in [9.17, 15) is 0 Å². The summed E-state index contributed by atoms with van der Waals surface area (Å²) in [4.78, 5) is 8.46. The van der Waals surface area contributed by atoms with Gasteiger partial charge in [0.05, 0.1) is 23.6 Å². The standard InChI is InChI=1S/C11H9N5/c1-8-6-13-11(7-12-8)16-10-5-3-2-4-9(10)14-15-16/h2-7H,1H3. The zero-order valence-corrected chi connectivity index (χ0v) is 8.70. The van der Waals surface area contributed by atoms with Crippen LogP contribution < -0.4 is 0 Å². The molecule has 0 unspecified atom stereocenters. The topological polar surface area (TPSA) is 56.5 Å². The highest BCUT2D eigenvalue weighted by Gasteiger charge is 2.06. The number of rotatable bonds is 1. The lowest BCUT2D eigenvalue weighted by Gasteiger charge is -2.00. The summed E-state index contributed by atoms with van der Waals surface area (Å²) in [6, 6.07) is 7.75. The van der Waals surface area contributed by atoms with Gasteiger partial charge in [0.25, 0.3) is 0 Å². The Morgan fingerprint density at radius 2 is 1.94 bits per heavy atom. The Bertz CT molecular complexity index is 626. The average Bonchev–Trinajstić information content (AvgIpc) is 2.74. The molecule has 0 bridgehead atoms. The summed E-state index contributed by atoms with van der Waals surface area (Å²) in [6.45, 7) is 1.90. The molecule has 16 heavy (non-hydrogen) atoms. The van der Waals surface area contributed by atoms with Crippen LogP contribution in [0.2, 0.25) is 0 Å². The molecular weight excluding hydrogens is 202 g/mol. The van der Waals surface area contributed by atoms with Crippen molar-refractivity contribution in [1.82, 2.24) is 25.0 Å². The molecule has 0 radical (unpaired) electrons. The first-order valence-corrected chi connectivity index (χ1v) is 4.94. The molecule has 78 valence electrons. The van der Waals surface area contributed by atoms with Gasteiger partial charge in [-0.2, -0.15) is 4.68 Å². The van der Waals surface area contributed by atoms with E-state index in [1.807, 2.05) is 31.2 Å². The average molecular weight is 211 g/mol. The number of benzene rings is 1. The van der Waals surface area contributed by atoms with Crippen molar-refractivity contribution >= 4 is 11.0 Å². The summed E-state index contributed by atoms with van der Waals surface area (Å²) in [5.74, 6) is 0.680. The minimum absolute atomic E-state index is 0.680. The molecule has 3 aromatic rings. The van der Waals surface area contributed by atoms with Crippen LogP contribution in [0.4, 0.5) is 0 Å². The number of fused-ring (bicyclic) bond motifs is 1. The van der Waals surface area contributed by atoms with Crippen LogP contribution >= 0.6 is 0 Å². The van der Waals surface area contributed by atoms with Crippen molar-refractivity contribution in [3.8, 4) is 5.82 Å². The van der Waals surface area contributed by atoms with Crippen LogP contribution in [0.5, 0.6) is 0 Å². The maximum atomic E-state index is 4.27. The van der Waals surface area contributed by atoms with Crippen molar-refractivity contribution in [2.75, 3.05) is 0 Å². The second kappa shape index (κ2) is 3.37. The highest BCUT2D eigenvalue weighted by atomic mass is 15.4. The Labute approximate surface area is 91.8 Å². The molecule has 5 nitrogen and oxygen atoms in total. The van der Waals surface area contributed by atoms with E-state index in [2.05, 4.69) is 20.3 Å². The van der Waals surface area contributed by atoms with E-state index >= 15 is 0 Å². The number of hydrogen-bond donors (Lipinski definition) is 0. The molecule has 0 saturated carbocycles. The van der Waals surface area contributed by atoms with Gasteiger partial charge in [-0.25, -0.2) is 4.98 Å². The first-order valence-electron chi connectivity index (χ1n) is 4.94. The number of hydrogen-bond acceptors (Lipinski definition) is 4. The second-order valence-electron chi connectivity index (χ2n) is 3.51. The normalized spacial score (nSPS) is 10.8. The van der Waals surface area contributed by atoms with Crippen molar-refractivity contribution in [2.24, 2.45) is 0 Å². The molecule has 0 N–H and O–H groups in total. The molecule has 0 amide bonds. The molecule has 0 atom stereocenters. The summed E-state index contributed by atoms with van der Waals surface area (Å²) in [5, 5.41) is 8.12. The fraction of sp³-hybridized carbons (Fsp3) is 0.0909. The van der Waals surface area contributed by atoms with Gasteiger partial charge in [-0.1, -0.05) is 17.3 Å². The van der Waals surface area contributed by atoms with Crippen molar-refractivity contribution in [1.29, 1.82) is 0 Å². The van der Waals surface area contributed by atoms with Gasteiger partial charge < -0.3 is 0 Å². The van der Waals surface area contributed by atoms with Crippen LogP contribution in [0.1, 0.15) is 5.69 Å². The molecule has 0 aliphatic heterocycles. The van der Waals surface area contributed by atoms with Crippen molar-refractivity contribution in [2.45, 2.75) is 6.92 Å². The van der Waals surface area contributed by atoms with Gasteiger partial charge in [-0.3, -0.25) is 4.98 Å². The van der Waals surface area contributed by atoms with Gasteiger partial charge in [-0.05, 0) is 19.1 Å². The minimum Gasteiger partial charge on any atom is -0.256 e. The Balaban J connectivity index is 2.22. The van der Waals surface area contributed by atoms with Crippen LogP contribution in [0.25, 0.3) is 16.9 Å². The molecular formula is C11H9N5. The van der Waals surface area contributed by atoms with Gasteiger partial charge in [0.2, 0.25) is 0 Å². The third-order valence-electron chi connectivity index (χ3n) is 2.34. The van der Waals surface area contributed by atoms with Crippen LogP contribution in [-0.4, -0.2) is 25.0 Å². The van der Waals surface area contributed by atoms with Gasteiger partial charge in [0.1, 0.15) is 5.52 Å². The van der Waals surface area contributed by atoms with Crippen LogP contribution in [0.3, 0.4) is 0 Å². The zero-order chi connectivity index (χ0) is 11.0. The van der Waals surface area contributed by atoms with Gasteiger partial charge in [-0.15, -0.1) is 5.10 Å². The highest BCUT2D eigenvalue weighted by Crippen LogP contribution is 2.13. The molecule has 0 fully saturated rings. The first-order chi connectivity index (χ1) is 7.84. The molecule has 0 aliphatic carbocycles. The lowest BCUT2D eigenvalue weighted by molar-refractivity contribution is 0.793. The number of aryl methyl sites for hydroxylation is 1. The molecule has 1 aromatic carbocycles. The highest BCUT2D eigenvalue weighted by molar-refractivity contribution is 5.75.